The zero-order valence-electron chi connectivity index (χ0n) is 14.4. The molecule has 26 heavy (non-hydrogen) atoms. The Morgan fingerprint density at radius 1 is 0.731 bits per heavy atom. The Bertz CT molecular complexity index is 805. The lowest BCUT2D eigenvalue weighted by Gasteiger charge is -2.07. The highest BCUT2D eigenvalue weighted by Gasteiger charge is 2.05. The quantitative estimate of drug-likeness (QED) is 0.414. The Labute approximate surface area is 163 Å². The van der Waals surface area contributed by atoms with E-state index in [1.807, 2.05) is 60.7 Å². The van der Waals surface area contributed by atoms with Crippen LogP contribution in [-0.2, 0) is 5.75 Å². The van der Waals surface area contributed by atoms with Crippen molar-refractivity contribution in [2.45, 2.75) is 15.5 Å². The first-order chi connectivity index (χ1) is 12.8. The van der Waals surface area contributed by atoms with Crippen LogP contribution >= 0.6 is 23.5 Å². The molecule has 0 unspecified atom stereocenters. The van der Waals surface area contributed by atoms with E-state index in [9.17, 15) is 4.79 Å². The summed E-state index contributed by atoms with van der Waals surface area (Å²) in [5.74, 6) is 1.75. The van der Waals surface area contributed by atoms with Crippen LogP contribution < -0.4 is 5.32 Å². The summed E-state index contributed by atoms with van der Waals surface area (Å²) in [5, 5.41) is 2.98. The van der Waals surface area contributed by atoms with Gasteiger partial charge in [-0.15, -0.1) is 23.5 Å². The zero-order valence-corrected chi connectivity index (χ0v) is 16.1. The Hall–Kier alpha value is -2.17. The van der Waals surface area contributed by atoms with Gasteiger partial charge >= 0.3 is 0 Å². The van der Waals surface area contributed by atoms with Crippen molar-refractivity contribution in [3.8, 4) is 0 Å². The van der Waals surface area contributed by atoms with Crippen LogP contribution in [0, 0.1) is 0 Å². The fourth-order valence-electron chi connectivity index (χ4n) is 2.39. The summed E-state index contributed by atoms with van der Waals surface area (Å²) >= 11 is 3.55. The lowest BCUT2D eigenvalue weighted by Crippen LogP contribution is -2.25. The number of benzene rings is 3. The highest BCUT2D eigenvalue weighted by atomic mass is 32.2. The molecule has 132 valence electrons. The van der Waals surface area contributed by atoms with Crippen LogP contribution in [0.5, 0.6) is 0 Å². The zero-order chi connectivity index (χ0) is 18.0. The summed E-state index contributed by atoms with van der Waals surface area (Å²) in [7, 11) is 0. The molecule has 1 amide bonds. The van der Waals surface area contributed by atoms with Gasteiger partial charge in [0.05, 0.1) is 0 Å². The van der Waals surface area contributed by atoms with Crippen LogP contribution in [0.1, 0.15) is 15.9 Å². The second-order valence-corrected chi connectivity index (χ2v) is 7.93. The number of rotatable bonds is 8. The number of nitrogens with one attached hydrogen (secondary N) is 1. The predicted molar refractivity (Wildman–Crippen MR) is 112 cm³/mol. The SMILES string of the molecule is O=C(NCCSc1ccccc1)c1ccc(CSc2ccccc2)cc1. The maximum absolute atomic E-state index is 12.2. The van der Waals surface area contributed by atoms with Gasteiger partial charge in [0.25, 0.3) is 5.91 Å². The molecule has 0 bridgehead atoms. The smallest absolute Gasteiger partial charge is 0.251 e. The molecule has 3 rings (SSSR count). The third-order valence-corrected chi connectivity index (χ3v) is 5.86. The second-order valence-electron chi connectivity index (χ2n) is 5.72. The first kappa shape index (κ1) is 18.6. The molecule has 0 saturated carbocycles. The molecule has 0 spiro atoms. The minimum atomic E-state index is -0.0130. The van der Waals surface area contributed by atoms with Crippen molar-refractivity contribution in [3.05, 3.63) is 96.1 Å². The van der Waals surface area contributed by atoms with Gasteiger partial charge in [-0.1, -0.05) is 48.5 Å². The summed E-state index contributed by atoms with van der Waals surface area (Å²) in [6.45, 7) is 0.657. The van der Waals surface area contributed by atoms with E-state index in [2.05, 4.69) is 29.6 Å². The molecule has 0 aliphatic rings. The number of amides is 1. The van der Waals surface area contributed by atoms with Gasteiger partial charge < -0.3 is 5.32 Å². The van der Waals surface area contributed by atoms with Crippen LogP contribution in [0.15, 0.2) is 94.7 Å². The number of thioether (sulfide) groups is 2. The molecular weight excluding hydrogens is 358 g/mol. The van der Waals surface area contributed by atoms with Crippen molar-refractivity contribution in [2.24, 2.45) is 0 Å². The van der Waals surface area contributed by atoms with Gasteiger partial charge in [0.15, 0.2) is 0 Å². The van der Waals surface area contributed by atoms with Crippen LogP contribution in [0.4, 0.5) is 0 Å². The number of hydrogen-bond donors (Lipinski definition) is 1. The topological polar surface area (TPSA) is 29.1 Å². The predicted octanol–water partition coefficient (Wildman–Crippen LogP) is 5.50. The molecule has 0 atom stereocenters. The van der Waals surface area contributed by atoms with Gasteiger partial charge in [-0.2, -0.15) is 0 Å². The van der Waals surface area contributed by atoms with Gasteiger partial charge in [0.1, 0.15) is 0 Å². The molecule has 2 nitrogen and oxygen atoms in total. The Morgan fingerprint density at radius 2 is 1.31 bits per heavy atom. The molecule has 0 aliphatic carbocycles. The van der Waals surface area contributed by atoms with Gasteiger partial charge in [-0.25, -0.2) is 0 Å². The maximum Gasteiger partial charge on any atom is 0.251 e. The van der Waals surface area contributed by atoms with Crippen molar-refractivity contribution < 1.29 is 4.79 Å². The fraction of sp³-hybridized carbons (Fsp3) is 0.136. The Kier molecular flexibility index (Phi) is 7.23. The number of carbonyl (C=O) groups is 1. The van der Waals surface area contributed by atoms with E-state index in [1.54, 1.807) is 23.5 Å². The van der Waals surface area contributed by atoms with Gasteiger partial charge in [0, 0.05) is 33.4 Å². The van der Waals surface area contributed by atoms with E-state index < -0.39 is 0 Å². The third-order valence-electron chi connectivity index (χ3n) is 3.76. The summed E-state index contributed by atoms with van der Waals surface area (Å²) in [5.41, 5.74) is 1.93. The lowest BCUT2D eigenvalue weighted by molar-refractivity contribution is 0.0956. The summed E-state index contributed by atoms with van der Waals surface area (Å²) in [6.07, 6.45) is 0. The molecule has 3 aromatic carbocycles. The number of carbonyl (C=O) groups excluding carboxylic acids is 1. The largest absolute Gasteiger partial charge is 0.351 e. The molecule has 0 heterocycles. The minimum Gasteiger partial charge on any atom is -0.351 e. The normalized spacial score (nSPS) is 10.5. The molecule has 0 radical (unpaired) electrons. The van der Waals surface area contributed by atoms with Crippen molar-refractivity contribution in [1.82, 2.24) is 5.32 Å². The Balaban J connectivity index is 1.41. The fourth-order valence-corrected chi connectivity index (χ4v) is 4.05. The van der Waals surface area contributed by atoms with Crippen LogP contribution in [0.2, 0.25) is 0 Å². The molecule has 0 aliphatic heterocycles. The second kappa shape index (κ2) is 10.1. The van der Waals surface area contributed by atoms with Crippen LogP contribution in [-0.4, -0.2) is 18.2 Å². The van der Waals surface area contributed by atoms with E-state index in [-0.39, 0.29) is 5.91 Å². The van der Waals surface area contributed by atoms with E-state index >= 15 is 0 Å². The highest BCUT2D eigenvalue weighted by Crippen LogP contribution is 2.22. The molecule has 0 aromatic heterocycles. The van der Waals surface area contributed by atoms with Gasteiger partial charge in [0.2, 0.25) is 0 Å². The minimum absolute atomic E-state index is 0.0130. The van der Waals surface area contributed by atoms with Gasteiger partial charge in [-0.3, -0.25) is 4.79 Å². The lowest BCUT2D eigenvalue weighted by atomic mass is 10.1. The Morgan fingerprint density at radius 3 is 1.92 bits per heavy atom. The van der Waals surface area contributed by atoms with E-state index in [0.717, 1.165) is 11.5 Å². The highest BCUT2D eigenvalue weighted by molar-refractivity contribution is 7.99. The van der Waals surface area contributed by atoms with E-state index in [0.29, 0.717) is 12.1 Å². The molecule has 3 aromatic rings. The van der Waals surface area contributed by atoms with E-state index in [4.69, 9.17) is 0 Å². The van der Waals surface area contributed by atoms with Crippen LogP contribution in [0.3, 0.4) is 0 Å². The molecule has 0 fully saturated rings. The average molecular weight is 380 g/mol. The molecule has 4 heteroatoms. The summed E-state index contributed by atoms with van der Waals surface area (Å²) in [6, 6.07) is 28.4. The summed E-state index contributed by atoms with van der Waals surface area (Å²) in [4.78, 5) is 14.7. The monoisotopic (exact) mass is 379 g/mol. The van der Waals surface area contributed by atoms with Crippen molar-refractivity contribution in [1.29, 1.82) is 0 Å². The standard InChI is InChI=1S/C22H21NOS2/c24-22(23-15-16-25-20-7-3-1-4-8-20)19-13-11-18(12-14-19)17-26-21-9-5-2-6-10-21/h1-14H,15-17H2,(H,23,24). The van der Waals surface area contributed by atoms with Gasteiger partial charge in [-0.05, 0) is 42.0 Å². The molecule has 1 N–H and O–H groups in total. The first-order valence-electron chi connectivity index (χ1n) is 8.54. The third kappa shape index (κ3) is 5.97. The first-order valence-corrected chi connectivity index (χ1v) is 10.5. The van der Waals surface area contributed by atoms with Crippen LogP contribution in [0.25, 0.3) is 0 Å². The maximum atomic E-state index is 12.2. The van der Waals surface area contributed by atoms with Crippen molar-refractivity contribution >= 4 is 29.4 Å². The molecule has 0 saturated heterocycles. The average Bonchev–Trinajstić information content (AvgIpc) is 2.71. The van der Waals surface area contributed by atoms with Crippen molar-refractivity contribution in [3.63, 3.8) is 0 Å². The van der Waals surface area contributed by atoms with E-state index in [1.165, 1.54) is 15.4 Å². The number of hydrogen-bond acceptors (Lipinski definition) is 3. The summed E-state index contributed by atoms with van der Waals surface area (Å²) < 4.78 is 0. The van der Waals surface area contributed by atoms with Crippen molar-refractivity contribution in [2.75, 3.05) is 12.3 Å². The molecular formula is C22H21NOS2.